The Bertz CT molecular complexity index is 1270. The third-order valence-electron chi connectivity index (χ3n) is 14.4. The summed E-state index contributed by atoms with van der Waals surface area (Å²) in [7, 11) is 6.55. The lowest BCUT2D eigenvalue weighted by Gasteiger charge is -2.58. The van der Waals surface area contributed by atoms with Crippen molar-refractivity contribution >= 4 is 6.08 Å². The summed E-state index contributed by atoms with van der Waals surface area (Å²) in [5.41, 5.74) is 4.42. The maximum Gasteiger partial charge on any atom is 0.161 e. The number of hydrogen-bond acceptors (Lipinski definition) is 3. The smallest absolute Gasteiger partial charge is 0.161 e. The first kappa shape index (κ1) is 38.4. The SMILES string of the molecule is CC[N+](C)(CC)CCOc1ccc(/C=C2\C[C@H]3[C@@H]4CC=C5C[C@@H]([N+]6(C)CCCC6)CC[C@]5(C)[C@H]4CC[C@]3(C)[C@H]2O)cc1OC.[I-].[I-]. The highest BCUT2D eigenvalue weighted by atomic mass is 127. The van der Waals surface area contributed by atoms with E-state index in [2.05, 4.69) is 72.1 Å². The number of halogens is 2. The highest BCUT2D eigenvalue weighted by Gasteiger charge is 2.60. The molecule has 1 aromatic rings. The average Bonchev–Trinajstić information content (AvgIpc) is 3.58. The number of quaternary nitrogens is 2. The molecule has 0 aromatic heterocycles. The summed E-state index contributed by atoms with van der Waals surface area (Å²) in [5, 5.41) is 11.9. The maximum absolute atomic E-state index is 11.9. The van der Waals surface area contributed by atoms with Crippen LogP contribution in [0.1, 0.15) is 91.0 Å². The zero-order valence-electron chi connectivity index (χ0n) is 29.8. The van der Waals surface area contributed by atoms with E-state index >= 15 is 0 Å². The van der Waals surface area contributed by atoms with Crippen LogP contribution < -0.4 is 57.4 Å². The first-order valence-corrected chi connectivity index (χ1v) is 18.1. The zero-order chi connectivity index (χ0) is 31.3. The fourth-order valence-electron chi connectivity index (χ4n) is 10.6. The first-order chi connectivity index (χ1) is 21.0. The van der Waals surface area contributed by atoms with Gasteiger partial charge in [0.05, 0.1) is 59.5 Å². The molecular weight excluding hydrogens is 798 g/mol. The third kappa shape index (κ3) is 6.85. The van der Waals surface area contributed by atoms with Crippen molar-refractivity contribution in [3.63, 3.8) is 0 Å². The number of hydrogen-bond donors (Lipinski definition) is 1. The molecule has 260 valence electrons. The van der Waals surface area contributed by atoms with Crippen molar-refractivity contribution in [3.05, 3.63) is 41.0 Å². The van der Waals surface area contributed by atoms with Crippen molar-refractivity contribution in [3.8, 4) is 11.5 Å². The van der Waals surface area contributed by atoms with Crippen molar-refractivity contribution in [1.82, 2.24) is 0 Å². The predicted octanol–water partition coefficient (Wildman–Crippen LogP) is 1.49. The van der Waals surface area contributed by atoms with E-state index in [1.54, 1.807) is 12.7 Å². The van der Waals surface area contributed by atoms with Gasteiger partial charge in [0.1, 0.15) is 13.2 Å². The Morgan fingerprint density at radius 3 is 2.39 bits per heavy atom. The molecule has 0 bridgehead atoms. The zero-order valence-corrected chi connectivity index (χ0v) is 34.1. The molecule has 3 saturated carbocycles. The molecule has 0 spiro atoms. The molecule has 4 fully saturated rings. The minimum absolute atomic E-state index is 0. The van der Waals surface area contributed by atoms with Crippen molar-refractivity contribution in [1.29, 1.82) is 0 Å². The number of nitrogens with zero attached hydrogens (tertiary/aromatic N) is 2. The van der Waals surface area contributed by atoms with Gasteiger partial charge in [-0.3, -0.25) is 0 Å². The van der Waals surface area contributed by atoms with Gasteiger partial charge in [0.25, 0.3) is 0 Å². The quantitative estimate of drug-likeness (QED) is 0.233. The molecule has 7 atom stereocenters. The number of fused-ring (bicyclic) bond motifs is 5. The molecule has 7 heteroatoms. The molecule has 6 rings (SSSR count). The van der Waals surface area contributed by atoms with Gasteiger partial charge in [-0.2, -0.15) is 0 Å². The fourth-order valence-corrected chi connectivity index (χ4v) is 10.6. The molecule has 1 N–H and O–H groups in total. The second kappa shape index (κ2) is 14.9. The largest absolute Gasteiger partial charge is 1.00 e. The number of rotatable bonds is 9. The van der Waals surface area contributed by atoms with Gasteiger partial charge in [0.15, 0.2) is 11.5 Å². The van der Waals surface area contributed by atoms with E-state index in [1.807, 2.05) is 0 Å². The number of likely N-dealkylation sites (N-methyl/N-ethyl adjacent to an activating group) is 1. The third-order valence-corrected chi connectivity index (χ3v) is 14.4. The van der Waals surface area contributed by atoms with Crippen molar-refractivity contribution in [2.24, 2.45) is 28.6 Å². The minimum Gasteiger partial charge on any atom is -1.00 e. The van der Waals surface area contributed by atoms with Crippen LogP contribution >= 0.6 is 0 Å². The molecule has 1 heterocycles. The van der Waals surface area contributed by atoms with E-state index in [0.717, 1.165) is 66.0 Å². The number of allylic oxidation sites excluding steroid dienone is 1. The summed E-state index contributed by atoms with van der Waals surface area (Å²) in [6.07, 6.45) is 16.1. The molecule has 1 aliphatic heterocycles. The van der Waals surface area contributed by atoms with Gasteiger partial charge >= 0.3 is 0 Å². The Hall–Kier alpha value is -0.360. The molecular formula is C39H62I2N2O3. The second-order valence-electron chi connectivity index (χ2n) is 16.4. The standard InChI is InChI=1S/C39H62N2O3.2HI/c1-8-40(5,9-2)22-23-44-35-15-12-28(25-36(35)43-7)24-29-26-34-32-14-13-30-27-31(41(6)20-10-11-21-41)16-18-38(30,3)33(32)17-19-39(34,4)37(29)42;;/h12-13,15,24-25,31-34,37,42H,8-11,14,16-23,26-27H2,1-7H3;2*1H/q+2;;/p-2/b29-24+;;/t31-,32+,33-,34-,37-,38-,39-;;/m0../s1. The maximum atomic E-state index is 11.9. The summed E-state index contributed by atoms with van der Waals surface area (Å²) in [5.74, 6) is 3.56. The van der Waals surface area contributed by atoms with E-state index in [0.29, 0.717) is 23.9 Å². The lowest BCUT2D eigenvalue weighted by atomic mass is 9.47. The van der Waals surface area contributed by atoms with Crippen molar-refractivity contribution in [2.75, 3.05) is 60.5 Å². The van der Waals surface area contributed by atoms with Gasteiger partial charge in [-0.15, -0.1) is 0 Å². The summed E-state index contributed by atoms with van der Waals surface area (Å²) < 4.78 is 14.3. The number of aliphatic hydroxyl groups excluding tert-OH is 1. The van der Waals surface area contributed by atoms with E-state index in [4.69, 9.17) is 9.47 Å². The van der Waals surface area contributed by atoms with Gasteiger partial charge < -0.3 is 71.5 Å². The highest BCUT2D eigenvalue weighted by Crippen LogP contribution is 2.66. The van der Waals surface area contributed by atoms with Crippen LogP contribution in [-0.4, -0.2) is 86.8 Å². The van der Waals surface area contributed by atoms with Crippen LogP contribution in [0.15, 0.2) is 35.4 Å². The monoisotopic (exact) mass is 860 g/mol. The lowest BCUT2D eigenvalue weighted by molar-refractivity contribution is -0.923. The van der Waals surface area contributed by atoms with Gasteiger partial charge in [0.2, 0.25) is 0 Å². The van der Waals surface area contributed by atoms with Crippen molar-refractivity contribution in [2.45, 2.75) is 97.6 Å². The molecule has 1 saturated heterocycles. The number of benzene rings is 1. The van der Waals surface area contributed by atoms with E-state index in [-0.39, 0.29) is 59.5 Å². The van der Waals surface area contributed by atoms with Gasteiger partial charge in [-0.25, -0.2) is 0 Å². The number of ether oxygens (including phenoxy) is 2. The molecule has 46 heavy (non-hydrogen) atoms. The Morgan fingerprint density at radius 2 is 1.72 bits per heavy atom. The predicted molar refractivity (Wildman–Crippen MR) is 181 cm³/mol. The Kier molecular flexibility index (Phi) is 12.4. The van der Waals surface area contributed by atoms with Gasteiger partial charge in [0, 0.05) is 31.1 Å². The summed E-state index contributed by atoms with van der Waals surface area (Å²) >= 11 is 0. The molecule has 0 radical (unpaired) electrons. The number of methoxy groups -OCH3 is 1. The van der Waals surface area contributed by atoms with Crippen LogP contribution in [0.5, 0.6) is 11.5 Å². The van der Waals surface area contributed by atoms with Crippen LogP contribution in [0.3, 0.4) is 0 Å². The van der Waals surface area contributed by atoms with Gasteiger partial charge in [-0.1, -0.05) is 37.6 Å². The molecule has 1 aromatic carbocycles. The van der Waals surface area contributed by atoms with E-state index < -0.39 is 0 Å². The van der Waals surface area contributed by atoms with Crippen LogP contribution in [0.25, 0.3) is 6.08 Å². The molecule has 0 amide bonds. The fraction of sp³-hybridized carbons (Fsp3) is 0.744. The Balaban J connectivity index is 0.00000240. The minimum atomic E-state index is -0.373. The lowest BCUT2D eigenvalue weighted by Crippen LogP contribution is -3.00. The normalized spacial score (nSPS) is 35.6. The molecule has 4 aliphatic carbocycles. The highest BCUT2D eigenvalue weighted by molar-refractivity contribution is 5.60. The topological polar surface area (TPSA) is 38.7 Å². The van der Waals surface area contributed by atoms with Crippen LogP contribution in [0.4, 0.5) is 0 Å². The summed E-state index contributed by atoms with van der Waals surface area (Å²) in [4.78, 5) is 0. The van der Waals surface area contributed by atoms with Crippen molar-refractivity contribution < 1.29 is 71.5 Å². The molecule has 0 unspecified atom stereocenters. The Labute approximate surface area is 314 Å². The average molecular weight is 861 g/mol. The number of aliphatic hydroxyl groups is 1. The Morgan fingerprint density at radius 1 is 1.00 bits per heavy atom. The summed E-state index contributed by atoms with van der Waals surface area (Å²) in [6.45, 7) is 16.1. The molecule has 5 nitrogen and oxygen atoms in total. The van der Waals surface area contributed by atoms with Crippen LogP contribution in [-0.2, 0) is 0 Å². The van der Waals surface area contributed by atoms with Crippen LogP contribution in [0, 0.1) is 28.6 Å². The first-order valence-electron chi connectivity index (χ1n) is 18.1. The molecule has 5 aliphatic rings. The summed E-state index contributed by atoms with van der Waals surface area (Å²) in [6, 6.07) is 7.10. The van der Waals surface area contributed by atoms with E-state index in [9.17, 15) is 5.11 Å². The van der Waals surface area contributed by atoms with Gasteiger partial charge in [-0.05, 0) is 92.4 Å². The second-order valence-corrected chi connectivity index (χ2v) is 16.4. The van der Waals surface area contributed by atoms with Crippen LogP contribution in [0.2, 0.25) is 0 Å². The van der Waals surface area contributed by atoms with E-state index in [1.165, 1.54) is 68.1 Å². The number of likely N-dealkylation sites (tertiary alicyclic amines) is 1.